The molecule has 0 fully saturated rings. The quantitative estimate of drug-likeness (QED) is 0.841. The van der Waals surface area contributed by atoms with Gasteiger partial charge in [0, 0.05) is 6.04 Å². The van der Waals surface area contributed by atoms with E-state index >= 15 is 0 Å². The predicted octanol–water partition coefficient (Wildman–Crippen LogP) is 3.10. The Morgan fingerprint density at radius 2 is 1.65 bits per heavy atom. The van der Waals surface area contributed by atoms with Crippen LogP contribution in [0.3, 0.4) is 0 Å². The molecule has 1 rings (SSSR count). The fourth-order valence-electron chi connectivity index (χ4n) is 2.24. The van der Waals surface area contributed by atoms with E-state index in [9.17, 15) is 8.42 Å². The van der Waals surface area contributed by atoms with Gasteiger partial charge in [0.1, 0.15) is 0 Å². The van der Waals surface area contributed by atoms with Crippen molar-refractivity contribution < 1.29 is 8.42 Å². The number of hydrogen-bond donors (Lipinski definition) is 1. The number of sulfone groups is 1. The zero-order valence-corrected chi connectivity index (χ0v) is 14.0. The van der Waals surface area contributed by atoms with Gasteiger partial charge in [0.2, 0.25) is 0 Å². The Kier molecular flexibility index (Phi) is 6.21. The topological polar surface area (TPSA) is 46.2 Å². The average molecular weight is 297 g/mol. The average Bonchev–Trinajstić information content (AvgIpc) is 2.39. The predicted molar refractivity (Wildman–Crippen MR) is 85.7 cm³/mol. The van der Waals surface area contributed by atoms with Crippen LogP contribution < -0.4 is 5.32 Å². The minimum atomic E-state index is -3.09. The van der Waals surface area contributed by atoms with Crippen LogP contribution >= 0.6 is 0 Å². The number of nitrogens with one attached hydrogen (secondary N) is 1. The number of rotatable bonds is 7. The summed E-state index contributed by atoms with van der Waals surface area (Å²) in [6, 6.07) is 7.89. The Balaban J connectivity index is 2.91. The zero-order valence-electron chi connectivity index (χ0n) is 13.2. The highest BCUT2D eigenvalue weighted by atomic mass is 32.2. The monoisotopic (exact) mass is 297 g/mol. The highest BCUT2D eigenvalue weighted by molar-refractivity contribution is 7.92. The fourth-order valence-corrected chi connectivity index (χ4v) is 4.12. The summed E-state index contributed by atoms with van der Waals surface area (Å²) in [5, 5.41) is 2.73. The van der Waals surface area contributed by atoms with E-state index in [1.54, 1.807) is 6.92 Å². The van der Waals surface area contributed by atoms with Gasteiger partial charge in [-0.3, -0.25) is 0 Å². The summed E-state index contributed by atoms with van der Waals surface area (Å²) < 4.78 is 24.9. The van der Waals surface area contributed by atoms with Crippen LogP contribution in [-0.4, -0.2) is 26.5 Å². The molecule has 0 aliphatic carbocycles. The zero-order chi connectivity index (χ0) is 15.3. The first kappa shape index (κ1) is 17.2. The Bertz CT molecular complexity index is 506. The van der Waals surface area contributed by atoms with Crippen molar-refractivity contribution in [2.75, 3.05) is 12.8 Å². The van der Waals surface area contributed by atoms with Crippen LogP contribution in [0.4, 0.5) is 0 Å². The summed E-state index contributed by atoms with van der Waals surface area (Å²) >= 11 is 0. The lowest BCUT2D eigenvalue weighted by molar-refractivity contribution is 0.522. The second kappa shape index (κ2) is 7.23. The Morgan fingerprint density at radius 1 is 1.10 bits per heavy atom. The van der Waals surface area contributed by atoms with Crippen LogP contribution in [0, 0.1) is 12.8 Å². The minimum absolute atomic E-state index is 0.159. The molecule has 0 saturated heterocycles. The molecule has 3 nitrogen and oxygen atoms in total. The molecule has 1 N–H and O–H groups in total. The van der Waals surface area contributed by atoms with Crippen molar-refractivity contribution in [3.8, 4) is 0 Å². The van der Waals surface area contributed by atoms with E-state index in [0.717, 1.165) is 12.0 Å². The van der Waals surface area contributed by atoms with Gasteiger partial charge >= 0.3 is 0 Å². The van der Waals surface area contributed by atoms with E-state index in [0.29, 0.717) is 5.92 Å². The molecule has 0 radical (unpaired) electrons. The second-order valence-corrected chi connectivity index (χ2v) is 8.41. The molecule has 114 valence electrons. The van der Waals surface area contributed by atoms with E-state index in [1.165, 1.54) is 5.56 Å². The molecular weight excluding hydrogens is 270 g/mol. The summed E-state index contributed by atoms with van der Waals surface area (Å²) in [4.78, 5) is 0. The summed E-state index contributed by atoms with van der Waals surface area (Å²) in [5.41, 5.74) is 2.21. The lowest BCUT2D eigenvalue weighted by Gasteiger charge is -2.24. The third-order valence-electron chi connectivity index (χ3n) is 3.76. The SMILES string of the molecule is CNC(c1ccc(C)cc1)C(C)S(=O)(=O)CCC(C)C. The molecule has 0 aliphatic heterocycles. The molecule has 2 atom stereocenters. The molecule has 0 aromatic heterocycles. The van der Waals surface area contributed by atoms with Crippen LogP contribution in [0.15, 0.2) is 24.3 Å². The van der Waals surface area contributed by atoms with Gasteiger partial charge in [0.25, 0.3) is 0 Å². The molecule has 4 heteroatoms. The van der Waals surface area contributed by atoms with Crippen LogP contribution in [0.25, 0.3) is 0 Å². The van der Waals surface area contributed by atoms with Crippen molar-refractivity contribution in [2.24, 2.45) is 5.92 Å². The van der Waals surface area contributed by atoms with Gasteiger partial charge in [0.05, 0.1) is 11.0 Å². The van der Waals surface area contributed by atoms with Crippen molar-refractivity contribution in [3.05, 3.63) is 35.4 Å². The van der Waals surface area contributed by atoms with Crippen LogP contribution in [0.5, 0.6) is 0 Å². The molecule has 2 unspecified atom stereocenters. The van der Waals surface area contributed by atoms with Crippen LogP contribution in [0.1, 0.15) is 44.4 Å². The van der Waals surface area contributed by atoms with Gasteiger partial charge in [-0.05, 0) is 38.8 Å². The Labute approximate surface area is 123 Å². The third kappa shape index (κ3) is 4.60. The molecule has 1 aromatic rings. The summed E-state index contributed by atoms with van der Waals surface area (Å²) in [7, 11) is -1.27. The lowest BCUT2D eigenvalue weighted by Crippen LogP contribution is -2.35. The first-order chi connectivity index (χ1) is 9.27. The highest BCUT2D eigenvalue weighted by Crippen LogP contribution is 2.23. The first-order valence-corrected chi connectivity index (χ1v) is 8.95. The maximum atomic E-state index is 12.4. The van der Waals surface area contributed by atoms with Gasteiger partial charge in [-0.2, -0.15) is 0 Å². The van der Waals surface area contributed by atoms with Gasteiger partial charge in [-0.15, -0.1) is 0 Å². The minimum Gasteiger partial charge on any atom is -0.312 e. The molecule has 0 saturated carbocycles. The molecule has 0 amide bonds. The van der Waals surface area contributed by atoms with Gasteiger partial charge in [0.15, 0.2) is 9.84 Å². The summed E-state index contributed by atoms with van der Waals surface area (Å²) in [5.74, 6) is 0.667. The molecule has 1 aromatic carbocycles. The smallest absolute Gasteiger partial charge is 0.154 e. The Hall–Kier alpha value is -0.870. The number of benzene rings is 1. The fraction of sp³-hybridized carbons (Fsp3) is 0.625. The maximum Gasteiger partial charge on any atom is 0.154 e. The van der Waals surface area contributed by atoms with Crippen molar-refractivity contribution in [1.29, 1.82) is 0 Å². The Morgan fingerprint density at radius 3 is 2.10 bits per heavy atom. The standard InChI is InChI=1S/C16H27NO2S/c1-12(2)10-11-20(18,19)14(4)16(17-5)15-8-6-13(3)7-9-15/h6-9,12,14,16-17H,10-11H2,1-5H3. The first-order valence-electron chi connectivity index (χ1n) is 7.23. The highest BCUT2D eigenvalue weighted by Gasteiger charge is 2.29. The van der Waals surface area contributed by atoms with E-state index in [4.69, 9.17) is 0 Å². The normalized spacial score (nSPS) is 15.3. The van der Waals surface area contributed by atoms with E-state index in [2.05, 4.69) is 19.2 Å². The summed E-state index contributed by atoms with van der Waals surface area (Å²) in [6.45, 7) is 7.93. The van der Waals surface area contributed by atoms with Crippen molar-refractivity contribution in [3.63, 3.8) is 0 Å². The van der Waals surface area contributed by atoms with Gasteiger partial charge in [-0.1, -0.05) is 43.7 Å². The van der Waals surface area contributed by atoms with Crippen molar-refractivity contribution in [2.45, 2.75) is 45.4 Å². The van der Waals surface area contributed by atoms with E-state index in [-0.39, 0.29) is 11.8 Å². The molecular formula is C16H27NO2S. The van der Waals surface area contributed by atoms with Crippen molar-refractivity contribution >= 4 is 9.84 Å². The largest absolute Gasteiger partial charge is 0.312 e. The molecule has 20 heavy (non-hydrogen) atoms. The molecule has 0 bridgehead atoms. The second-order valence-electron chi connectivity index (χ2n) is 5.93. The molecule has 0 aliphatic rings. The van der Waals surface area contributed by atoms with E-state index < -0.39 is 15.1 Å². The molecule has 0 spiro atoms. The third-order valence-corrected chi connectivity index (χ3v) is 5.97. The summed E-state index contributed by atoms with van der Waals surface area (Å²) in [6.07, 6.45) is 0.719. The lowest BCUT2D eigenvalue weighted by atomic mass is 10.0. The van der Waals surface area contributed by atoms with Crippen LogP contribution in [0.2, 0.25) is 0 Å². The van der Waals surface area contributed by atoms with Crippen molar-refractivity contribution in [1.82, 2.24) is 5.32 Å². The maximum absolute atomic E-state index is 12.4. The van der Waals surface area contributed by atoms with Gasteiger partial charge < -0.3 is 5.32 Å². The number of hydrogen-bond acceptors (Lipinski definition) is 3. The number of aryl methyl sites for hydroxylation is 1. The van der Waals surface area contributed by atoms with E-state index in [1.807, 2.05) is 38.2 Å². The van der Waals surface area contributed by atoms with Gasteiger partial charge in [-0.25, -0.2) is 8.42 Å². The molecule has 0 heterocycles. The van der Waals surface area contributed by atoms with Crippen LogP contribution in [-0.2, 0) is 9.84 Å².